The molecule has 0 aliphatic rings. The Balaban J connectivity index is 1.81. The summed E-state index contributed by atoms with van der Waals surface area (Å²) in [5, 5.41) is 0.980. The standard InChI is InChI=1S/C21H24N2OS/c1-4-15(2)20(16-10-6-5-7-11-16)21(24)23(3)14-19-22-17-12-8-9-13-18(17)25-19/h5-13,15,20H,4,14H2,1-3H3. The average molecular weight is 353 g/mol. The molecule has 3 aromatic rings. The molecular formula is C21H24N2OS. The Bertz CT molecular complexity index is 810. The number of hydrogen-bond donors (Lipinski definition) is 0. The molecule has 3 rings (SSSR count). The number of benzene rings is 2. The summed E-state index contributed by atoms with van der Waals surface area (Å²) < 4.78 is 1.17. The molecule has 4 heteroatoms. The second kappa shape index (κ2) is 7.79. The van der Waals surface area contributed by atoms with Crippen molar-refractivity contribution in [1.82, 2.24) is 9.88 Å². The van der Waals surface area contributed by atoms with Gasteiger partial charge in [-0.05, 0) is 23.6 Å². The fourth-order valence-electron chi connectivity index (χ4n) is 3.12. The zero-order valence-corrected chi connectivity index (χ0v) is 15.8. The van der Waals surface area contributed by atoms with E-state index in [-0.39, 0.29) is 11.8 Å². The van der Waals surface area contributed by atoms with Gasteiger partial charge in [-0.3, -0.25) is 4.79 Å². The number of thiazole rings is 1. The molecule has 2 aromatic carbocycles. The van der Waals surface area contributed by atoms with Gasteiger partial charge in [0.2, 0.25) is 5.91 Å². The molecule has 0 saturated carbocycles. The van der Waals surface area contributed by atoms with Crippen LogP contribution in [0.4, 0.5) is 0 Å². The lowest BCUT2D eigenvalue weighted by Crippen LogP contribution is -2.34. The Morgan fingerprint density at radius 1 is 1.12 bits per heavy atom. The van der Waals surface area contributed by atoms with E-state index < -0.39 is 0 Å². The number of likely N-dealkylation sites (N-methyl/N-ethyl adjacent to an activating group) is 1. The van der Waals surface area contributed by atoms with Crippen molar-refractivity contribution in [2.45, 2.75) is 32.7 Å². The van der Waals surface area contributed by atoms with Gasteiger partial charge in [-0.2, -0.15) is 0 Å². The van der Waals surface area contributed by atoms with Crippen LogP contribution in [0, 0.1) is 5.92 Å². The van der Waals surface area contributed by atoms with Crippen LogP contribution in [-0.2, 0) is 11.3 Å². The lowest BCUT2D eigenvalue weighted by Gasteiger charge is -2.27. The number of fused-ring (bicyclic) bond motifs is 1. The summed E-state index contributed by atoms with van der Waals surface area (Å²) in [6.45, 7) is 4.85. The second-order valence-electron chi connectivity index (χ2n) is 6.54. The third-order valence-corrected chi connectivity index (χ3v) is 5.75. The first-order valence-electron chi connectivity index (χ1n) is 8.74. The topological polar surface area (TPSA) is 33.2 Å². The molecule has 2 atom stereocenters. The van der Waals surface area contributed by atoms with Gasteiger partial charge < -0.3 is 4.90 Å². The average Bonchev–Trinajstić information content (AvgIpc) is 3.04. The zero-order chi connectivity index (χ0) is 17.8. The summed E-state index contributed by atoms with van der Waals surface area (Å²) in [7, 11) is 1.88. The van der Waals surface area contributed by atoms with Crippen molar-refractivity contribution >= 4 is 27.5 Å². The number of aromatic nitrogens is 1. The van der Waals surface area contributed by atoms with E-state index in [1.54, 1.807) is 11.3 Å². The molecule has 2 unspecified atom stereocenters. The molecule has 0 saturated heterocycles. The van der Waals surface area contributed by atoms with E-state index in [1.807, 2.05) is 48.3 Å². The predicted molar refractivity (Wildman–Crippen MR) is 105 cm³/mol. The van der Waals surface area contributed by atoms with E-state index in [4.69, 9.17) is 0 Å². The summed E-state index contributed by atoms with van der Waals surface area (Å²) in [4.78, 5) is 19.6. The molecule has 1 amide bonds. The van der Waals surface area contributed by atoms with Crippen molar-refractivity contribution in [3.05, 3.63) is 65.2 Å². The summed E-state index contributed by atoms with van der Waals surface area (Å²) >= 11 is 1.66. The van der Waals surface area contributed by atoms with Crippen LogP contribution in [0.5, 0.6) is 0 Å². The van der Waals surface area contributed by atoms with Crippen LogP contribution in [0.25, 0.3) is 10.2 Å². The van der Waals surface area contributed by atoms with Gasteiger partial charge in [-0.25, -0.2) is 4.98 Å². The van der Waals surface area contributed by atoms with E-state index in [0.29, 0.717) is 12.5 Å². The van der Waals surface area contributed by atoms with Crippen molar-refractivity contribution in [2.75, 3.05) is 7.05 Å². The Kier molecular flexibility index (Phi) is 5.49. The Morgan fingerprint density at radius 2 is 1.80 bits per heavy atom. The van der Waals surface area contributed by atoms with Crippen LogP contribution in [0.3, 0.4) is 0 Å². The molecule has 0 aliphatic carbocycles. The SMILES string of the molecule is CCC(C)C(C(=O)N(C)Cc1nc2ccccc2s1)c1ccccc1. The molecule has 3 nitrogen and oxygen atoms in total. The number of rotatable bonds is 6. The van der Waals surface area contributed by atoms with Gasteiger partial charge in [0.05, 0.1) is 22.7 Å². The Morgan fingerprint density at radius 3 is 2.48 bits per heavy atom. The quantitative estimate of drug-likeness (QED) is 0.619. The maximum Gasteiger partial charge on any atom is 0.230 e. The molecule has 0 N–H and O–H groups in total. The molecular weight excluding hydrogens is 328 g/mol. The van der Waals surface area contributed by atoms with Gasteiger partial charge in [0.1, 0.15) is 5.01 Å². The smallest absolute Gasteiger partial charge is 0.230 e. The molecule has 0 spiro atoms. The largest absolute Gasteiger partial charge is 0.338 e. The van der Waals surface area contributed by atoms with Crippen molar-refractivity contribution in [2.24, 2.45) is 5.92 Å². The number of carbonyl (C=O) groups is 1. The van der Waals surface area contributed by atoms with Gasteiger partial charge in [-0.1, -0.05) is 62.7 Å². The third kappa shape index (κ3) is 3.90. The van der Waals surface area contributed by atoms with Crippen LogP contribution in [0.15, 0.2) is 54.6 Å². The first-order chi connectivity index (χ1) is 12.1. The lowest BCUT2D eigenvalue weighted by atomic mass is 9.84. The van der Waals surface area contributed by atoms with Crippen molar-refractivity contribution in [1.29, 1.82) is 0 Å². The van der Waals surface area contributed by atoms with Crippen LogP contribution >= 0.6 is 11.3 Å². The first kappa shape index (κ1) is 17.6. The van der Waals surface area contributed by atoms with Crippen LogP contribution in [-0.4, -0.2) is 22.8 Å². The first-order valence-corrected chi connectivity index (χ1v) is 9.56. The lowest BCUT2D eigenvalue weighted by molar-refractivity contribution is -0.133. The number of para-hydroxylation sites is 1. The third-order valence-electron chi connectivity index (χ3n) is 4.72. The van der Waals surface area contributed by atoms with Crippen molar-refractivity contribution in [3.8, 4) is 0 Å². The Labute approximate surface area is 153 Å². The van der Waals surface area contributed by atoms with Gasteiger partial charge in [0.25, 0.3) is 0 Å². The number of carbonyl (C=O) groups excluding carboxylic acids is 1. The number of hydrogen-bond acceptors (Lipinski definition) is 3. The molecule has 0 fully saturated rings. The van der Waals surface area contributed by atoms with Crippen LogP contribution < -0.4 is 0 Å². The summed E-state index contributed by atoms with van der Waals surface area (Å²) in [6.07, 6.45) is 0.972. The highest BCUT2D eigenvalue weighted by Gasteiger charge is 2.28. The summed E-state index contributed by atoms with van der Waals surface area (Å²) in [6, 6.07) is 18.2. The molecule has 1 heterocycles. The van der Waals surface area contributed by atoms with E-state index in [0.717, 1.165) is 22.5 Å². The predicted octanol–water partition coefficient (Wildman–Crippen LogP) is 5.08. The van der Waals surface area contributed by atoms with E-state index >= 15 is 0 Å². The van der Waals surface area contributed by atoms with Gasteiger partial charge in [0, 0.05) is 7.05 Å². The molecule has 25 heavy (non-hydrogen) atoms. The van der Waals surface area contributed by atoms with Crippen LogP contribution in [0.1, 0.15) is 36.8 Å². The normalized spacial score (nSPS) is 13.6. The van der Waals surface area contributed by atoms with Gasteiger partial charge in [-0.15, -0.1) is 11.3 Å². The van der Waals surface area contributed by atoms with E-state index in [2.05, 4.69) is 37.0 Å². The highest BCUT2D eigenvalue weighted by atomic mass is 32.1. The van der Waals surface area contributed by atoms with E-state index in [1.165, 1.54) is 4.70 Å². The minimum atomic E-state index is -0.106. The van der Waals surface area contributed by atoms with Crippen molar-refractivity contribution < 1.29 is 4.79 Å². The summed E-state index contributed by atoms with van der Waals surface area (Å²) in [5.41, 5.74) is 2.10. The molecule has 1 aromatic heterocycles. The zero-order valence-electron chi connectivity index (χ0n) is 15.0. The molecule has 130 valence electrons. The molecule has 0 bridgehead atoms. The molecule has 0 aliphatic heterocycles. The minimum Gasteiger partial charge on any atom is -0.338 e. The Hall–Kier alpha value is -2.20. The fourth-order valence-corrected chi connectivity index (χ4v) is 4.14. The van der Waals surface area contributed by atoms with E-state index in [9.17, 15) is 4.79 Å². The number of amides is 1. The molecule has 0 radical (unpaired) electrons. The minimum absolute atomic E-state index is 0.106. The van der Waals surface area contributed by atoms with Crippen LogP contribution in [0.2, 0.25) is 0 Å². The van der Waals surface area contributed by atoms with Gasteiger partial charge in [0.15, 0.2) is 0 Å². The maximum absolute atomic E-state index is 13.2. The summed E-state index contributed by atoms with van der Waals surface area (Å²) in [5.74, 6) is 0.359. The second-order valence-corrected chi connectivity index (χ2v) is 7.66. The number of nitrogens with zero attached hydrogens (tertiary/aromatic N) is 2. The fraction of sp³-hybridized carbons (Fsp3) is 0.333. The monoisotopic (exact) mass is 352 g/mol. The highest BCUT2D eigenvalue weighted by molar-refractivity contribution is 7.18. The van der Waals surface area contributed by atoms with Crippen molar-refractivity contribution in [3.63, 3.8) is 0 Å². The van der Waals surface area contributed by atoms with Gasteiger partial charge >= 0.3 is 0 Å². The maximum atomic E-state index is 13.2. The highest BCUT2D eigenvalue weighted by Crippen LogP contribution is 2.30.